The van der Waals surface area contributed by atoms with Gasteiger partial charge in [-0.2, -0.15) is 0 Å². The van der Waals surface area contributed by atoms with E-state index in [0.717, 1.165) is 5.69 Å². The van der Waals surface area contributed by atoms with Gasteiger partial charge in [-0.05, 0) is 36.6 Å². The minimum atomic E-state index is -0.312. The molecular formula is C14H15FN2OS. The lowest BCUT2D eigenvalue weighted by Crippen LogP contribution is -2.12. The van der Waals surface area contributed by atoms with Gasteiger partial charge < -0.3 is 0 Å². The van der Waals surface area contributed by atoms with E-state index in [1.54, 1.807) is 6.92 Å². The Morgan fingerprint density at radius 3 is 2.74 bits per heavy atom. The minimum absolute atomic E-state index is 0.271. The van der Waals surface area contributed by atoms with Crippen LogP contribution in [0.1, 0.15) is 41.4 Å². The van der Waals surface area contributed by atoms with E-state index in [1.807, 2.05) is 19.2 Å². The number of aryl methyl sites for hydroxylation is 1. The van der Waals surface area contributed by atoms with Gasteiger partial charge in [-0.1, -0.05) is 13.8 Å². The number of rotatable bonds is 3. The maximum atomic E-state index is 13.1. The molecule has 0 atom stereocenters. The third-order valence-electron chi connectivity index (χ3n) is 2.75. The molecule has 19 heavy (non-hydrogen) atoms. The van der Waals surface area contributed by atoms with Gasteiger partial charge >= 0.3 is 0 Å². The molecule has 1 aromatic carbocycles. The van der Waals surface area contributed by atoms with Crippen molar-refractivity contribution < 1.29 is 9.18 Å². The largest absolute Gasteiger partial charge is 0.298 e. The molecule has 0 radical (unpaired) electrons. The standard InChI is InChI=1S/C14H15FN2OS/c1-8(2)12-7-19-14(16-12)17-13(18)10-4-5-11(15)9(3)6-10/h4-8H,1-3H3,(H,16,17,18). The van der Waals surface area contributed by atoms with E-state index in [1.165, 1.54) is 29.5 Å². The fraction of sp³-hybridized carbons (Fsp3) is 0.286. The van der Waals surface area contributed by atoms with E-state index in [9.17, 15) is 9.18 Å². The zero-order chi connectivity index (χ0) is 14.0. The summed E-state index contributed by atoms with van der Waals surface area (Å²) < 4.78 is 13.1. The molecule has 5 heteroatoms. The second-order valence-corrected chi connectivity index (χ2v) is 5.51. The third-order valence-corrected chi connectivity index (χ3v) is 3.53. The number of thiazole rings is 1. The molecule has 100 valence electrons. The number of carbonyl (C=O) groups excluding carboxylic acids is 1. The average Bonchev–Trinajstić information content (AvgIpc) is 2.81. The van der Waals surface area contributed by atoms with Gasteiger partial charge in [-0.3, -0.25) is 10.1 Å². The first-order valence-corrected chi connectivity index (χ1v) is 6.88. The summed E-state index contributed by atoms with van der Waals surface area (Å²) >= 11 is 1.39. The van der Waals surface area contributed by atoms with Crippen LogP contribution < -0.4 is 5.32 Å². The quantitative estimate of drug-likeness (QED) is 0.923. The minimum Gasteiger partial charge on any atom is -0.298 e. The number of nitrogens with zero attached hydrogens (tertiary/aromatic N) is 1. The van der Waals surface area contributed by atoms with E-state index >= 15 is 0 Å². The van der Waals surface area contributed by atoms with Gasteiger partial charge in [0.25, 0.3) is 5.91 Å². The molecule has 0 spiro atoms. The van der Waals surface area contributed by atoms with Gasteiger partial charge in [0.05, 0.1) is 5.69 Å². The Kier molecular flexibility index (Phi) is 3.95. The molecule has 1 N–H and O–H groups in total. The molecule has 0 aliphatic heterocycles. The maximum absolute atomic E-state index is 13.1. The van der Waals surface area contributed by atoms with E-state index in [2.05, 4.69) is 10.3 Å². The van der Waals surface area contributed by atoms with Gasteiger partial charge in [-0.15, -0.1) is 11.3 Å². The lowest BCUT2D eigenvalue weighted by atomic mass is 10.1. The lowest BCUT2D eigenvalue weighted by Gasteiger charge is -2.03. The molecule has 1 aromatic heterocycles. The van der Waals surface area contributed by atoms with Crippen LogP contribution in [0, 0.1) is 12.7 Å². The number of hydrogen-bond acceptors (Lipinski definition) is 3. The zero-order valence-corrected chi connectivity index (χ0v) is 11.8. The summed E-state index contributed by atoms with van der Waals surface area (Å²) in [5, 5.41) is 5.22. The normalized spacial score (nSPS) is 10.8. The zero-order valence-electron chi connectivity index (χ0n) is 11.0. The Morgan fingerprint density at radius 2 is 2.16 bits per heavy atom. The molecule has 0 unspecified atom stereocenters. The van der Waals surface area contributed by atoms with Crippen molar-refractivity contribution in [3.63, 3.8) is 0 Å². The van der Waals surface area contributed by atoms with Crippen LogP contribution in [0.5, 0.6) is 0 Å². The molecule has 3 nitrogen and oxygen atoms in total. The Balaban J connectivity index is 2.13. The van der Waals surface area contributed by atoms with Crippen molar-refractivity contribution >= 4 is 22.4 Å². The summed E-state index contributed by atoms with van der Waals surface area (Å²) in [7, 11) is 0. The van der Waals surface area contributed by atoms with E-state index in [0.29, 0.717) is 22.2 Å². The second-order valence-electron chi connectivity index (χ2n) is 4.65. The van der Waals surface area contributed by atoms with Crippen molar-refractivity contribution in [1.29, 1.82) is 0 Å². The van der Waals surface area contributed by atoms with Crippen LogP contribution in [-0.2, 0) is 0 Å². The van der Waals surface area contributed by atoms with Gasteiger partial charge in [0.2, 0.25) is 0 Å². The number of aromatic nitrogens is 1. The summed E-state index contributed by atoms with van der Waals surface area (Å²) in [6, 6.07) is 4.29. The third kappa shape index (κ3) is 3.17. The number of anilines is 1. The fourth-order valence-corrected chi connectivity index (χ4v) is 2.43. The number of hydrogen-bond donors (Lipinski definition) is 1. The molecule has 0 aliphatic rings. The maximum Gasteiger partial charge on any atom is 0.257 e. The summed E-state index contributed by atoms with van der Waals surface area (Å²) in [5.41, 5.74) is 1.84. The molecule has 0 saturated heterocycles. The molecule has 0 fully saturated rings. The monoisotopic (exact) mass is 278 g/mol. The lowest BCUT2D eigenvalue weighted by molar-refractivity contribution is 0.102. The van der Waals surface area contributed by atoms with Crippen LogP contribution in [0.15, 0.2) is 23.6 Å². The number of nitrogens with one attached hydrogen (secondary N) is 1. The van der Waals surface area contributed by atoms with Gasteiger partial charge in [0, 0.05) is 10.9 Å². The Hall–Kier alpha value is -1.75. The Labute approximate surface area is 115 Å². The first-order valence-electron chi connectivity index (χ1n) is 6.00. The van der Waals surface area contributed by atoms with Gasteiger partial charge in [0.15, 0.2) is 5.13 Å². The van der Waals surface area contributed by atoms with Crippen molar-refractivity contribution in [3.8, 4) is 0 Å². The highest BCUT2D eigenvalue weighted by molar-refractivity contribution is 7.14. The summed E-state index contributed by atoms with van der Waals surface area (Å²) in [6.07, 6.45) is 0. The van der Waals surface area contributed by atoms with Gasteiger partial charge in [0.1, 0.15) is 5.82 Å². The topological polar surface area (TPSA) is 42.0 Å². The Morgan fingerprint density at radius 1 is 1.42 bits per heavy atom. The smallest absolute Gasteiger partial charge is 0.257 e. The van der Waals surface area contributed by atoms with Crippen molar-refractivity contribution in [2.24, 2.45) is 0 Å². The highest BCUT2D eigenvalue weighted by Gasteiger charge is 2.11. The summed E-state index contributed by atoms with van der Waals surface area (Å²) in [6.45, 7) is 5.72. The molecule has 1 heterocycles. The van der Waals surface area contributed by atoms with E-state index < -0.39 is 0 Å². The fourth-order valence-electron chi connectivity index (χ4n) is 1.56. The number of amides is 1. The molecular weight excluding hydrogens is 263 g/mol. The molecule has 2 rings (SSSR count). The average molecular weight is 278 g/mol. The van der Waals surface area contributed by atoms with Crippen molar-refractivity contribution in [3.05, 3.63) is 46.2 Å². The highest BCUT2D eigenvalue weighted by Crippen LogP contribution is 2.22. The first-order chi connectivity index (χ1) is 8.97. The summed E-state index contributed by atoms with van der Waals surface area (Å²) in [4.78, 5) is 16.3. The molecule has 1 amide bonds. The number of carbonyl (C=O) groups is 1. The van der Waals surface area contributed by atoms with Crippen molar-refractivity contribution in [2.45, 2.75) is 26.7 Å². The van der Waals surface area contributed by atoms with Crippen LogP contribution in [-0.4, -0.2) is 10.9 Å². The molecule has 0 bridgehead atoms. The van der Waals surface area contributed by atoms with Crippen LogP contribution >= 0.6 is 11.3 Å². The van der Waals surface area contributed by atoms with Crippen molar-refractivity contribution in [1.82, 2.24) is 4.98 Å². The predicted molar refractivity (Wildman–Crippen MR) is 75.3 cm³/mol. The summed E-state index contributed by atoms with van der Waals surface area (Å²) in [5.74, 6) is -0.254. The van der Waals surface area contributed by atoms with Crippen LogP contribution in [0.25, 0.3) is 0 Å². The highest BCUT2D eigenvalue weighted by atomic mass is 32.1. The van der Waals surface area contributed by atoms with E-state index in [-0.39, 0.29) is 11.7 Å². The predicted octanol–water partition coefficient (Wildman–Crippen LogP) is 3.97. The molecule has 0 saturated carbocycles. The van der Waals surface area contributed by atoms with Crippen LogP contribution in [0.3, 0.4) is 0 Å². The SMILES string of the molecule is Cc1cc(C(=O)Nc2nc(C(C)C)cs2)ccc1F. The number of benzene rings is 1. The first kappa shape index (κ1) is 13.7. The second kappa shape index (κ2) is 5.48. The van der Waals surface area contributed by atoms with Gasteiger partial charge in [-0.25, -0.2) is 9.37 Å². The van der Waals surface area contributed by atoms with E-state index in [4.69, 9.17) is 0 Å². The number of halogens is 1. The van der Waals surface area contributed by atoms with Crippen LogP contribution in [0.2, 0.25) is 0 Å². The van der Waals surface area contributed by atoms with Crippen LogP contribution in [0.4, 0.5) is 9.52 Å². The Bertz CT molecular complexity index is 607. The molecule has 0 aliphatic carbocycles. The molecule has 2 aromatic rings. The van der Waals surface area contributed by atoms with Crippen molar-refractivity contribution in [2.75, 3.05) is 5.32 Å².